The maximum absolute atomic E-state index is 13.3. The average molecular weight is 429 g/mol. The smallest absolute Gasteiger partial charge is 0.262 e. The van der Waals surface area contributed by atoms with Crippen LogP contribution in [0.1, 0.15) is 54.2 Å². The Morgan fingerprint density at radius 3 is 2.00 bits per heavy atom. The second-order valence-corrected chi connectivity index (χ2v) is 11.0. The standard InChI is InChI=1S/C24H32N2O3S/c1-14-15(2)17(4)22(18(5)16(14)3)30(28,29)25-20-9-10-21-19(13-20)11-12-26(21)23(27)24(6,7)8/h9-10,13,25H,11-12H2,1-8H3. The van der Waals surface area contributed by atoms with Gasteiger partial charge in [0, 0.05) is 23.3 Å². The molecule has 2 aromatic rings. The molecule has 30 heavy (non-hydrogen) atoms. The molecule has 0 spiro atoms. The van der Waals surface area contributed by atoms with Crippen LogP contribution in [0.5, 0.6) is 0 Å². The lowest BCUT2D eigenvalue weighted by molar-refractivity contribution is -0.125. The lowest BCUT2D eigenvalue weighted by atomic mass is 9.94. The Bertz CT molecular complexity index is 1110. The van der Waals surface area contributed by atoms with Gasteiger partial charge in [-0.15, -0.1) is 0 Å². The summed E-state index contributed by atoms with van der Waals surface area (Å²) in [4.78, 5) is 14.9. The molecule has 162 valence electrons. The van der Waals surface area contributed by atoms with Gasteiger partial charge in [-0.3, -0.25) is 9.52 Å². The summed E-state index contributed by atoms with van der Waals surface area (Å²) in [5.74, 6) is 0.0754. The van der Waals surface area contributed by atoms with E-state index in [9.17, 15) is 13.2 Å². The minimum Gasteiger partial charge on any atom is -0.311 e. The number of sulfonamides is 1. The Morgan fingerprint density at radius 1 is 0.933 bits per heavy atom. The number of hydrogen-bond acceptors (Lipinski definition) is 3. The van der Waals surface area contributed by atoms with E-state index >= 15 is 0 Å². The third-order valence-electron chi connectivity index (χ3n) is 6.31. The summed E-state index contributed by atoms with van der Waals surface area (Å²) < 4.78 is 29.3. The van der Waals surface area contributed by atoms with E-state index in [1.165, 1.54) is 0 Å². The van der Waals surface area contributed by atoms with Crippen LogP contribution >= 0.6 is 0 Å². The lowest BCUT2D eigenvalue weighted by Gasteiger charge is -2.26. The lowest BCUT2D eigenvalue weighted by Crippen LogP contribution is -2.38. The first kappa shape index (κ1) is 22.3. The number of benzene rings is 2. The number of hydrogen-bond donors (Lipinski definition) is 1. The highest BCUT2D eigenvalue weighted by molar-refractivity contribution is 7.92. The van der Waals surface area contributed by atoms with Crippen molar-refractivity contribution in [2.75, 3.05) is 16.2 Å². The molecule has 0 saturated carbocycles. The summed E-state index contributed by atoms with van der Waals surface area (Å²) in [7, 11) is -3.74. The first-order valence-corrected chi connectivity index (χ1v) is 11.8. The first-order valence-electron chi connectivity index (χ1n) is 10.3. The molecule has 1 aliphatic heterocycles. The van der Waals surface area contributed by atoms with E-state index < -0.39 is 15.4 Å². The zero-order valence-corrected chi connectivity index (χ0v) is 20.0. The van der Waals surface area contributed by atoms with Crippen molar-refractivity contribution in [2.24, 2.45) is 5.41 Å². The molecule has 5 nitrogen and oxygen atoms in total. The number of nitrogens with zero attached hydrogens (tertiary/aromatic N) is 1. The number of nitrogens with one attached hydrogen (secondary N) is 1. The molecule has 0 bridgehead atoms. The van der Waals surface area contributed by atoms with Gasteiger partial charge < -0.3 is 4.90 Å². The molecule has 0 unspecified atom stereocenters. The van der Waals surface area contributed by atoms with Crippen LogP contribution in [0, 0.1) is 40.0 Å². The molecule has 6 heteroatoms. The Balaban J connectivity index is 1.97. The van der Waals surface area contributed by atoms with Gasteiger partial charge in [0.2, 0.25) is 5.91 Å². The van der Waals surface area contributed by atoms with Gasteiger partial charge in [0.25, 0.3) is 10.0 Å². The summed E-state index contributed by atoms with van der Waals surface area (Å²) >= 11 is 0. The molecule has 2 aromatic carbocycles. The van der Waals surface area contributed by atoms with Crippen molar-refractivity contribution < 1.29 is 13.2 Å². The molecule has 1 amide bonds. The largest absolute Gasteiger partial charge is 0.311 e. The summed E-state index contributed by atoms with van der Waals surface area (Å²) in [5, 5.41) is 0. The molecule has 3 rings (SSSR count). The van der Waals surface area contributed by atoms with Crippen LogP contribution in [0.2, 0.25) is 0 Å². The third kappa shape index (κ3) is 3.73. The third-order valence-corrected chi connectivity index (χ3v) is 7.97. The predicted molar refractivity (Wildman–Crippen MR) is 123 cm³/mol. The van der Waals surface area contributed by atoms with E-state index in [0.717, 1.165) is 39.1 Å². The molecule has 1 N–H and O–H groups in total. The van der Waals surface area contributed by atoms with Crippen molar-refractivity contribution in [1.29, 1.82) is 0 Å². The highest BCUT2D eigenvalue weighted by Gasteiger charge is 2.32. The predicted octanol–water partition coefficient (Wildman–Crippen LogP) is 4.96. The van der Waals surface area contributed by atoms with Crippen LogP contribution < -0.4 is 9.62 Å². The normalized spacial score (nSPS) is 14.1. The first-order chi connectivity index (χ1) is 13.8. The van der Waals surface area contributed by atoms with E-state index in [0.29, 0.717) is 23.5 Å². The van der Waals surface area contributed by atoms with Crippen molar-refractivity contribution in [3.05, 3.63) is 51.6 Å². The summed E-state index contributed by atoms with van der Waals surface area (Å²) in [5.41, 5.74) is 6.62. The zero-order chi connectivity index (χ0) is 22.6. The van der Waals surface area contributed by atoms with Crippen LogP contribution in [0.15, 0.2) is 23.1 Å². The highest BCUT2D eigenvalue weighted by atomic mass is 32.2. The fourth-order valence-corrected chi connectivity index (χ4v) is 5.81. The molecule has 0 fully saturated rings. The Hall–Kier alpha value is -2.34. The maximum Gasteiger partial charge on any atom is 0.262 e. The van der Waals surface area contributed by atoms with Crippen LogP contribution in [0.4, 0.5) is 11.4 Å². The van der Waals surface area contributed by atoms with E-state index in [1.807, 2.05) is 67.5 Å². The molecule has 0 saturated heterocycles. The number of fused-ring (bicyclic) bond motifs is 1. The fraction of sp³-hybridized carbons (Fsp3) is 0.458. The Morgan fingerprint density at radius 2 is 1.47 bits per heavy atom. The number of rotatable bonds is 3. The van der Waals surface area contributed by atoms with Crippen molar-refractivity contribution >= 4 is 27.3 Å². The minimum absolute atomic E-state index is 0.0754. The van der Waals surface area contributed by atoms with E-state index in [4.69, 9.17) is 0 Å². The summed E-state index contributed by atoms with van der Waals surface area (Å²) in [6.07, 6.45) is 0.716. The van der Waals surface area contributed by atoms with Crippen LogP contribution in [-0.4, -0.2) is 20.9 Å². The second-order valence-electron chi connectivity index (χ2n) is 9.36. The van der Waals surface area contributed by atoms with Gasteiger partial charge in [0.05, 0.1) is 4.90 Å². The summed E-state index contributed by atoms with van der Waals surface area (Å²) in [6, 6.07) is 5.43. The van der Waals surface area contributed by atoms with Gasteiger partial charge >= 0.3 is 0 Å². The van der Waals surface area contributed by atoms with Gasteiger partial charge in [-0.1, -0.05) is 20.8 Å². The van der Waals surface area contributed by atoms with Gasteiger partial charge in [-0.2, -0.15) is 0 Å². The van der Waals surface area contributed by atoms with E-state index in [1.54, 1.807) is 11.0 Å². The fourth-order valence-electron chi connectivity index (χ4n) is 4.16. The molecule has 0 aliphatic carbocycles. The van der Waals surface area contributed by atoms with Crippen LogP contribution in [0.3, 0.4) is 0 Å². The topological polar surface area (TPSA) is 66.5 Å². The van der Waals surface area contributed by atoms with E-state index in [2.05, 4.69) is 4.72 Å². The Labute approximate surface area is 180 Å². The van der Waals surface area contributed by atoms with Crippen LogP contribution in [0.25, 0.3) is 0 Å². The summed E-state index contributed by atoms with van der Waals surface area (Å²) in [6.45, 7) is 16.0. The van der Waals surface area contributed by atoms with Crippen molar-refractivity contribution in [3.63, 3.8) is 0 Å². The molecular weight excluding hydrogens is 396 g/mol. The molecule has 1 heterocycles. The molecule has 0 atom stereocenters. The van der Waals surface area contributed by atoms with Crippen molar-refractivity contribution in [2.45, 2.75) is 66.7 Å². The number of carbonyl (C=O) groups is 1. The molecule has 0 aromatic heterocycles. The SMILES string of the molecule is Cc1c(C)c(C)c(S(=O)(=O)Nc2ccc3c(c2)CCN3C(=O)C(C)(C)C)c(C)c1C. The number of carbonyl (C=O) groups excluding carboxylic acids is 1. The number of anilines is 2. The zero-order valence-electron chi connectivity index (χ0n) is 19.2. The van der Waals surface area contributed by atoms with E-state index in [-0.39, 0.29) is 5.91 Å². The molecule has 1 aliphatic rings. The Kier molecular flexibility index (Phi) is 5.52. The van der Waals surface area contributed by atoms with Gasteiger partial charge in [-0.25, -0.2) is 8.42 Å². The van der Waals surface area contributed by atoms with Gasteiger partial charge in [0.1, 0.15) is 0 Å². The van der Waals surface area contributed by atoms with Crippen molar-refractivity contribution in [1.82, 2.24) is 0 Å². The average Bonchev–Trinajstić information content (AvgIpc) is 3.05. The number of amides is 1. The highest BCUT2D eigenvalue weighted by Crippen LogP contribution is 2.35. The monoisotopic (exact) mass is 428 g/mol. The van der Waals surface area contributed by atoms with Gasteiger partial charge in [0.15, 0.2) is 0 Å². The molecule has 0 radical (unpaired) electrons. The molecular formula is C24H32N2O3S. The second kappa shape index (κ2) is 7.41. The minimum atomic E-state index is -3.74. The van der Waals surface area contributed by atoms with Gasteiger partial charge in [-0.05, 0) is 92.6 Å². The van der Waals surface area contributed by atoms with Crippen molar-refractivity contribution in [3.8, 4) is 0 Å². The maximum atomic E-state index is 13.3. The quantitative estimate of drug-likeness (QED) is 0.751. The van der Waals surface area contributed by atoms with Crippen LogP contribution in [-0.2, 0) is 21.2 Å².